The number of nitrogens with two attached hydrogens (primary N) is 1. The number of hydrogen-bond acceptors (Lipinski definition) is 4. The first kappa shape index (κ1) is 21.2. The second-order valence-electron chi connectivity index (χ2n) is 5.71. The molecular formula is C14H26Cl2N4O2. The second kappa shape index (κ2) is 9.35. The van der Waals surface area contributed by atoms with E-state index in [4.69, 9.17) is 5.73 Å². The van der Waals surface area contributed by atoms with Gasteiger partial charge in [-0.25, -0.2) is 0 Å². The van der Waals surface area contributed by atoms with Crippen molar-refractivity contribution in [3.05, 3.63) is 17.0 Å². The molecule has 1 aliphatic rings. The minimum absolute atomic E-state index is 0. The van der Waals surface area contributed by atoms with Crippen LogP contribution in [-0.4, -0.2) is 39.9 Å². The molecule has 8 heteroatoms. The van der Waals surface area contributed by atoms with Crippen LogP contribution < -0.4 is 11.1 Å². The minimum atomic E-state index is -0.540. The van der Waals surface area contributed by atoms with Gasteiger partial charge in [-0.3, -0.25) is 9.89 Å². The number of nitrogens with zero attached hydrogens (tertiary/aromatic N) is 1. The van der Waals surface area contributed by atoms with Gasteiger partial charge < -0.3 is 16.2 Å². The molecule has 5 N–H and O–H groups in total. The first-order valence-electron chi connectivity index (χ1n) is 7.20. The molecule has 0 bridgehead atoms. The maximum atomic E-state index is 11.9. The largest absolute Gasteiger partial charge is 0.391 e. The van der Waals surface area contributed by atoms with E-state index in [0.717, 1.165) is 24.2 Å². The third-order valence-corrected chi connectivity index (χ3v) is 4.13. The van der Waals surface area contributed by atoms with Crippen molar-refractivity contribution in [1.29, 1.82) is 0 Å². The van der Waals surface area contributed by atoms with Gasteiger partial charge in [0.2, 0.25) is 5.91 Å². The standard InChI is InChI=1S/C14H24N4O2.2ClH/c1-8-11(9(2)18-17-8)4-3-5-16-14(20)10-6-12(15)13(19)7-10;;/h10,12-13,19H,3-7,15H2,1-2H3,(H,16,20)(H,17,18);2*1H/t10-,12-,13-;;/m0../s1. The highest BCUT2D eigenvalue weighted by molar-refractivity contribution is 5.85. The third-order valence-electron chi connectivity index (χ3n) is 4.13. The summed E-state index contributed by atoms with van der Waals surface area (Å²) in [6.45, 7) is 4.64. The molecule has 1 aromatic rings. The van der Waals surface area contributed by atoms with Crippen LogP contribution in [0.15, 0.2) is 0 Å². The van der Waals surface area contributed by atoms with Crippen molar-refractivity contribution >= 4 is 30.7 Å². The molecule has 1 aliphatic carbocycles. The van der Waals surface area contributed by atoms with Gasteiger partial charge in [0.05, 0.1) is 11.8 Å². The molecule has 2 rings (SSSR count). The lowest BCUT2D eigenvalue weighted by molar-refractivity contribution is -0.125. The van der Waals surface area contributed by atoms with Crippen LogP contribution in [0.4, 0.5) is 0 Å². The monoisotopic (exact) mass is 352 g/mol. The second-order valence-corrected chi connectivity index (χ2v) is 5.71. The zero-order valence-electron chi connectivity index (χ0n) is 13.0. The number of aliphatic hydroxyl groups excluding tert-OH is 1. The lowest BCUT2D eigenvalue weighted by Crippen LogP contribution is -2.31. The Morgan fingerprint density at radius 3 is 2.59 bits per heavy atom. The lowest BCUT2D eigenvalue weighted by atomic mass is 10.1. The SMILES string of the molecule is Cc1n[nH]c(C)c1CCCNC(=O)[C@H]1C[C@H](N)[C@@H](O)C1.Cl.Cl. The predicted molar refractivity (Wildman–Crippen MR) is 90.6 cm³/mol. The van der Waals surface area contributed by atoms with Crippen LogP contribution in [0.5, 0.6) is 0 Å². The topological polar surface area (TPSA) is 104 Å². The number of amides is 1. The van der Waals surface area contributed by atoms with Crippen molar-refractivity contribution in [2.45, 2.75) is 51.7 Å². The Balaban J connectivity index is 0.00000220. The summed E-state index contributed by atoms with van der Waals surface area (Å²) in [4.78, 5) is 11.9. The zero-order chi connectivity index (χ0) is 14.7. The summed E-state index contributed by atoms with van der Waals surface area (Å²) in [7, 11) is 0. The van der Waals surface area contributed by atoms with Crippen LogP contribution in [0.25, 0.3) is 0 Å². The molecule has 0 aromatic carbocycles. The number of aromatic amines is 1. The van der Waals surface area contributed by atoms with E-state index in [2.05, 4.69) is 15.5 Å². The Labute approximate surface area is 143 Å². The first-order chi connectivity index (χ1) is 9.49. The van der Waals surface area contributed by atoms with Crippen LogP contribution in [0.2, 0.25) is 0 Å². The van der Waals surface area contributed by atoms with E-state index in [-0.39, 0.29) is 42.7 Å². The van der Waals surface area contributed by atoms with Gasteiger partial charge in [-0.05, 0) is 45.1 Å². The van der Waals surface area contributed by atoms with E-state index in [1.165, 1.54) is 5.56 Å². The number of aromatic nitrogens is 2. The van der Waals surface area contributed by atoms with E-state index in [0.29, 0.717) is 19.4 Å². The van der Waals surface area contributed by atoms with Crippen LogP contribution >= 0.6 is 24.8 Å². The van der Waals surface area contributed by atoms with Crippen LogP contribution in [-0.2, 0) is 11.2 Å². The fraction of sp³-hybridized carbons (Fsp3) is 0.714. The number of H-pyrrole nitrogens is 1. The number of hydrogen-bond donors (Lipinski definition) is 4. The summed E-state index contributed by atoms with van der Waals surface area (Å²) in [5, 5.41) is 19.6. The van der Waals surface area contributed by atoms with Crippen LogP contribution in [0, 0.1) is 19.8 Å². The van der Waals surface area contributed by atoms with Crippen LogP contribution in [0.1, 0.15) is 36.2 Å². The quantitative estimate of drug-likeness (QED) is 0.593. The summed E-state index contributed by atoms with van der Waals surface area (Å²) in [6, 6.07) is -0.262. The van der Waals surface area contributed by atoms with E-state index in [1.54, 1.807) is 0 Å². The number of nitrogens with one attached hydrogen (secondary N) is 2. The van der Waals surface area contributed by atoms with Crippen molar-refractivity contribution in [1.82, 2.24) is 15.5 Å². The molecule has 0 aliphatic heterocycles. The highest BCUT2D eigenvalue weighted by Crippen LogP contribution is 2.24. The van der Waals surface area contributed by atoms with Crippen LogP contribution in [0.3, 0.4) is 0 Å². The molecule has 1 saturated carbocycles. The molecule has 1 heterocycles. The minimum Gasteiger partial charge on any atom is -0.391 e. The number of carbonyl (C=O) groups excluding carboxylic acids is 1. The molecule has 1 fully saturated rings. The molecule has 0 unspecified atom stereocenters. The summed E-state index contributed by atoms with van der Waals surface area (Å²) in [5.74, 6) is -0.130. The van der Waals surface area contributed by atoms with Crippen molar-refractivity contribution < 1.29 is 9.90 Å². The fourth-order valence-corrected chi connectivity index (χ4v) is 2.83. The van der Waals surface area contributed by atoms with Crippen molar-refractivity contribution in [2.75, 3.05) is 6.54 Å². The van der Waals surface area contributed by atoms with Gasteiger partial charge >= 0.3 is 0 Å². The maximum Gasteiger partial charge on any atom is 0.223 e. The Morgan fingerprint density at radius 2 is 2.09 bits per heavy atom. The fourth-order valence-electron chi connectivity index (χ4n) is 2.83. The zero-order valence-corrected chi connectivity index (χ0v) is 14.6. The number of aryl methyl sites for hydroxylation is 2. The van der Waals surface area contributed by atoms with Gasteiger partial charge in [-0.1, -0.05) is 0 Å². The van der Waals surface area contributed by atoms with Crippen molar-refractivity contribution in [2.24, 2.45) is 11.7 Å². The van der Waals surface area contributed by atoms with Gasteiger partial charge in [0.25, 0.3) is 0 Å². The number of aliphatic hydroxyl groups is 1. The van der Waals surface area contributed by atoms with Crippen molar-refractivity contribution in [3.63, 3.8) is 0 Å². The Hall–Kier alpha value is -0.820. The molecule has 1 aromatic heterocycles. The van der Waals surface area contributed by atoms with Gasteiger partial charge in [-0.15, -0.1) is 24.8 Å². The molecular weight excluding hydrogens is 327 g/mol. The summed E-state index contributed by atoms with van der Waals surface area (Å²) >= 11 is 0. The predicted octanol–water partition coefficient (Wildman–Crippen LogP) is 1.02. The van der Waals surface area contributed by atoms with Gasteiger partial charge in [-0.2, -0.15) is 5.10 Å². The highest BCUT2D eigenvalue weighted by atomic mass is 35.5. The lowest BCUT2D eigenvalue weighted by Gasteiger charge is -2.10. The molecule has 0 saturated heterocycles. The van der Waals surface area contributed by atoms with Crippen molar-refractivity contribution in [3.8, 4) is 0 Å². The van der Waals surface area contributed by atoms with E-state index in [9.17, 15) is 9.90 Å². The van der Waals surface area contributed by atoms with E-state index in [1.807, 2.05) is 13.8 Å². The molecule has 22 heavy (non-hydrogen) atoms. The Kier molecular flexibility index (Phi) is 9.00. The van der Waals surface area contributed by atoms with Gasteiger partial charge in [0.15, 0.2) is 0 Å². The average molecular weight is 353 g/mol. The highest BCUT2D eigenvalue weighted by Gasteiger charge is 2.34. The number of carbonyl (C=O) groups is 1. The Morgan fingerprint density at radius 1 is 1.41 bits per heavy atom. The average Bonchev–Trinajstić information content (AvgIpc) is 2.90. The molecule has 128 valence electrons. The summed E-state index contributed by atoms with van der Waals surface area (Å²) in [6.07, 6.45) is 2.30. The maximum absolute atomic E-state index is 11.9. The normalized spacial score (nSPS) is 23.5. The summed E-state index contributed by atoms with van der Waals surface area (Å²) < 4.78 is 0. The first-order valence-corrected chi connectivity index (χ1v) is 7.20. The molecule has 3 atom stereocenters. The molecule has 0 spiro atoms. The van der Waals surface area contributed by atoms with E-state index >= 15 is 0 Å². The molecule has 0 radical (unpaired) electrons. The summed E-state index contributed by atoms with van der Waals surface area (Å²) in [5.41, 5.74) is 9.07. The number of rotatable bonds is 5. The third kappa shape index (κ3) is 5.12. The Bertz CT molecular complexity index is 452. The van der Waals surface area contributed by atoms with Gasteiger partial charge in [0, 0.05) is 24.2 Å². The van der Waals surface area contributed by atoms with E-state index < -0.39 is 6.10 Å². The smallest absolute Gasteiger partial charge is 0.223 e. The molecule has 1 amide bonds. The number of halogens is 2. The molecule has 6 nitrogen and oxygen atoms in total. The van der Waals surface area contributed by atoms with Gasteiger partial charge in [0.1, 0.15) is 0 Å².